The summed E-state index contributed by atoms with van der Waals surface area (Å²) >= 11 is 0. The first-order chi connectivity index (χ1) is 10.9. The van der Waals surface area contributed by atoms with Gasteiger partial charge in [-0.25, -0.2) is 0 Å². The van der Waals surface area contributed by atoms with Gasteiger partial charge < -0.3 is 4.74 Å². The minimum absolute atomic E-state index is 0.00240. The van der Waals surface area contributed by atoms with Crippen molar-refractivity contribution in [3.8, 4) is 0 Å². The molecule has 0 aromatic heterocycles. The van der Waals surface area contributed by atoms with Crippen LogP contribution < -0.4 is 0 Å². The van der Waals surface area contributed by atoms with Crippen molar-refractivity contribution < 1.29 is 14.3 Å². The molecular formula is C20H24O3. The van der Waals surface area contributed by atoms with Crippen LogP contribution in [-0.2, 0) is 21.6 Å². The lowest BCUT2D eigenvalue weighted by atomic mass is 9.51. The molecule has 23 heavy (non-hydrogen) atoms. The zero-order chi connectivity index (χ0) is 16.4. The van der Waals surface area contributed by atoms with Gasteiger partial charge in [0.15, 0.2) is 11.6 Å². The quantitative estimate of drug-likeness (QED) is 0.793. The van der Waals surface area contributed by atoms with Gasteiger partial charge in [-0.05, 0) is 49.3 Å². The third-order valence-corrected chi connectivity index (χ3v) is 6.70. The SMILES string of the molecule is CCc1c(C)ccc2c1C(=O)CC1C3(C)CCCC21OCC3=O. The molecule has 1 aromatic rings. The molecule has 0 spiro atoms. The molecule has 1 aliphatic heterocycles. The Bertz CT molecular complexity index is 720. The molecule has 1 aromatic carbocycles. The highest BCUT2D eigenvalue weighted by atomic mass is 16.5. The number of aryl methyl sites for hydroxylation is 1. The maximum absolute atomic E-state index is 13.0. The van der Waals surface area contributed by atoms with Crippen molar-refractivity contribution in [2.24, 2.45) is 11.3 Å². The number of hydrogen-bond acceptors (Lipinski definition) is 3. The molecule has 0 amide bonds. The summed E-state index contributed by atoms with van der Waals surface area (Å²) in [6.07, 6.45) is 4.11. The second-order valence-electron chi connectivity index (χ2n) is 7.69. The summed E-state index contributed by atoms with van der Waals surface area (Å²) in [5, 5.41) is 0. The summed E-state index contributed by atoms with van der Waals surface area (Å²) in [5.74, 6) is 0.377. The molecule has 4 rings (SSSR count). The first-order valence-electron chi connectivity index (χ1n) is 8.77. The lowest BCUT2D eigenvalue weighted by molar-refractivity contribution is -0.204. The predicted molar refractivity (Wildman–Crippen MR) is 87.6 cm³/mol. The van der Waals surface area contributed by atoms with E-state index in [0.717, 1.165) is 42.4 Å². The number of carbonyl (C=O) groups excluding carboxylic acids is 2. The van der Waals surface area contributed by atoms with Crippen molar-refractivity contribution in [1.82, 2.24) is 0 Å². The predicted octanol–water partition coefficient (Wildman–Crippen LogP) is 3.74. The van der Waals surface area contributed by atoms with Crippen LogP contribution in [0.5, 0.6) is 0 Å². The number of carbonyl (C=O) groups is 2. The average molecular weight is 312 g/mol. The molecule has 2 aliphatic carbocycles. The van der Waals surface area contributed by atoms with Crippen molar-refractivity contribution >= 4 is 11.6 Å². The van der Waals surface area contributed by atoms with Crippen LogP contribution in [0.1, 0.15) is 66.6 Å². The highest BCUT2D eigenvalue weighted by molar-refractivity contribution is 6.02. The lowest BCUT2D eigenvalue weighted by Gasteiger charge is -2.58. The van der Waals surface area contributed by atoms with Crippen LogP contribution in [0.4, 0.5) is 0 Å². The molecule has 2 fully saturated rings. The number of ketones is 2. The van der Waals surface area contributed by atoms with E-state index in [4.69, 9.17) is 4.74 Å². The van der Waals surface area contributed by atoms with Crippen LogP contribution in [0.15, 0.2) is 12.1 Å². The van der Waals surface area contributed by atoms with Crippen LogP contribution in [0.2, 0.25) is 0 Å². The Morgan fingerprint density at radius 1 is 1.26 bits per heavy atom. The molecule has 1 saturated heterocycles. The highest BCUT2D eigenvalue weighted by Crippen LogP contribution is 2.60. The molecular weight excluding hydrogens is 288 g/mol. The van der Waals surface area contributed by atoms with Gasteiger partial charge in [0, 0.05) is 23.3 Å². The van der Waals surface area contributed by atoms with Crippen LogP contribution in [-0.4, -0.2) is 18.2 Å². The van der Waals surface area contributed by atoms with Gasteiger partial charge in [0.2, 0.25) is 0 Å². The lowest BCUT2D eigenvalue weighted by Crippen LogP contribution is -2.61. The highest BCUT2D eigenvalue weighted by Gasteiger charge is 2.62. The van der Waals surface area contributed by atoms with Gasteiger partial charge in [-0.2, -0.15) is 0 Å². The Hall–Kier alpha value is -1.48. The molecule has 0 N–H and O–H groups in total. The minimum atomic E-state index is -0.429. The zero-order valence-corrected chi connectivity index (χ0v) is 14.2. The second kappa shape index (κ2) is 4.76. The Morgan fingerprint density at radius 2 is 2.04 bits per heavy atom. The van der Waals surface area contributed by atoms with Gasteiger partial charge in [-0.15, -0.1) is 0 Å². The van der Waals surface area contributed by atoms with Crippen LogP contribution >= 0.6 is 0 Å². The van der Waals surface area contributed by atoms with Gasteiger partial charge in [-0.1, -0.05) is 26.0 Å². The summed E-state index contributed by atoms with van der Waals surface area (Å²) in [7, 11) is 0. The molecule has 3 atom stereocenters. The maximum atomic E-state index is 13.0. The van der Waals surface area contributed by atoms with E-state index in [1.165, 1.54) is 5.56 Å². The summed E-state index contributed by atoms with van der Waals surface area (Å²) in [6.45, 7) is 6.43. The third-order valence-electron chi connectivity index (χ3n) is 6.70. The van der Waals surface area contributed by atoms with Gasteiger partial charge in [0.1, 0.15) is 6.61 Å². The van der Waals surface area contributed by atoms with Crippen LogP contribution in [0.3, 0.4) is 0 Å². The maximum Gasteiger partial charge on any atom is 0.164 e. The van der Waals surface area contributed by atoms with Gasteiger partial charge >= 0.3 is 0 Å². The topological polar surface area (TPSA) is 43.4 Å². The van der Waals surface area contributed by atoms with Gasteiger partial charge in [0.05, 0.1) is 5.60 Å². The monoisotopic (exact) mass is 312 g/mol. The van der Waals surface area contributed by atoms with Crippen molar-refractivity contribution in [2.45, 2.75) is 58.5 Å². The molecule has 122 valence electrons. The molecule has 3 aliphatic rings. The molecule has 2 bridgehead atoms. The zero-order valence-electron chi connectivity index (χ0n) is 14.2. The van der Waals surface area contributed by atoms with E-state index in [2.05, 4.69) is 32.9 Å². The molecule has 3 nitrogen and oxygen atoms in total. The number of hydrogen-bond donors (Lipinski definition) is 0. The van der Waals surface area contributed by atoms with Gasteiger partial charge in [0.25, 0.3) is 0 Å². The molecule has 0 radical (unpaired) electrons. The number of ether oxygens (including phenoxy) is 1. The van der Waals surface area contributed by atoms with Crippen molar-refractivity contribution in [3.63, 3.8) is 0 Å². The van der Waals surface area contributed by atoms with Crippen LogP contribution in [0, 0.1) is 18.3 Å². The Kier molecular flexibility index (Phi) is 3.12. The number of fused-ring (bicyclic) bond motifs is 1. The fourth-order valence-electron chi connectivity index (χ4n) is 5.40. The van der Waals surface area contributed by atoms with E-state index in [1.807, 2.05) is 0 Å². The van der Waals surface area contributed by atoms with Crippen molar-refractivity contribution in [1.29, 1.82) is 0 Å². The Balaban J connectivity index is 1.99. The smallest absolute Gasteiger partial charge is 0.164 e. The van der Waals surface area contributed by atoms with E-state index in [1.54, 1.807) is 0 Å². The molecule has 3 heteroatoms. The van der Waals surface area contributed by atoms with E-state index in [0.29, 0.717) is 6.42 Å². The fourth-order valence-corrected chi connectivity index (χ4v) is 5.40. The number of Topliss-reactive ketones (excluding diaryl/α,β-unsaturated/α-hetero) is 2. The number of benzene rings is 1. The standard InChI is InChI=1S/C20H24O3/c1-4-13-12(2)6-7-14-18(13)15(21)10-16-19(3)8-5-9-20(14,16)23-11-17(19)22/h6-7,16H,4-5,8-11H2,1-3H3. The average Bonchev–Trinajstić information content (AvgIpc) is 2.53. The van der Waals surface area contributed by atoms with E-state index in [-0.39, 0.29) is 24.1 Å². The van der Waals surface area contributed by atoms with E-state index < -0.39 is 11.0 Å². The van der Waals surface area contributed by atoms with Crippen molar-refractivity contribution in [3.05, 3.63) is 34.4 Å². The van der Waals surface area contributed by atoms with Gasteiger partial charge in [-0.3, -0.25) is 9.59 Å². The first-order valence-corrected chi connectivity index (χ1v) is 8.77. The Labute approximate surface area is 137 Å². The molecule has 3 unspecified atom stereocenters. The Morgan fingerprint density at radius 3 is 2.78 bits per heavy atom. The summed E-state index contributed by atoms with van der Waals surface area (Å²) < 4.78 is 6.23. The van der Waals surface area contributed by atoms with E-state index in [9.17, 15) is 9.59 Å². The summed E-state index contributed by atoms with van der Waals surface area (Å²) in [6, 6.07) is 4.21. The third kappa shape index (κ3) is 1.74. The second-order valence-corrected chi connectivity index (χ2v) is 7.69. The van der Waals surface area contributed by atoms with E-state index >= 15 is 0 Å². The fraction of sp³-hybridized carbons (Fsp3) is 0.600. The minimum Gasteiger partial charge on any atom is -0.362 e. The first kappa shape index (κ1) is 15.1. The summed E-state index contributed by atoms with van der Waals surface area (Å²) in [5.41, 5.74) is 3.46. The molecule has 1 saturated carbocycles. The number of rotatable bonds is 1. The molecule has 1 heterocycles. The normalized spacial score (nSPS) is 35.7. The van der Waals surface area contributed by atoms with Crippen molar-refractivity contribution in [2.75, 3.05) is 6.61 Å². The summed E-state index contributed by atoms with van der Waals surface area (Å²) in [4.78, 5) is 25.5. The largest absolute Gasteiger partial charge is 0.362 e. The van der Waals surface area contributed by atoms with Crippen LogP contribution in [0.25, 0.3) is 0 Å².